The summed E-state index contributed by atoms with van der Waals surface area (Å²) in [6.07, 6.45) is 6.45. The van der Waals surface area contributed by atoms with E-state index >= 15 is 0 Å². The maximum absolute atomic E-state index is 6.42. The van der Waals surface area contributed by atoms with Gasteiger partial charge in [0.1, 0.15) is 0 Å². The van der Waals surface area contributed by atoms with Gasteiger partial charge >= 0.3 is 0 Å². The number of rotatable bonds is 5. The number of thiophene rings is 1. The molecule has 2 N–H and O–H groups in total. The van der Waals surface area contributed by atoms with Gasteiger partial charge in [0.05, 0.1) is 6.04 Å². The average molecular weight is 280 g/mol. The fraction of sp³-hybridized carbons (Fsp3) is 0.750. The van der Waals surface area contributed by atoms with E-state index in [4.69, 9.17) is 5.73 Å². The van der Waals surface area contributed by atoms with Crippen molar-refractivity contribution in [2.75, 3.05) is 13.1 Å². The number of nitrogens with zero attached hydrogens (tertiary/aromatic N) is 1. The molecule has 1 fully saturated rings. The molecule has 1 saturated heterocycles. The molecule has 108 valence electrons. The molecular weight excluding hydrogens is 252 g/mol. The predicted molar refractivity (Wildman–Crippen MR) is 84.5 cm³/mol. The molecule has 1 aromatic heterocycles. The van der Waals surface area contributed by atoms with E-state index < -0.39 is 0 Å². The summed E-state index contributed by atoms with van der Waals surface area (Å²) in [7, 11) is 0. The van der Waals surface area contributed by atoms with Gasteiger partial charge in [-0.15, -0.1) is 11.3 Å². The van der Waals surface area contributed by atoms with E-state index in [2.05, 4.69) is 36.3 Å². The Morgan fingerprint density at radius 3 is 2.84 bits per heavy atom. The lowest BCUT2D eigenvalue weighted by Gasteiger charge is -2.34. The van der Waals surface area contributed by atoms with E-state index in [1.165, 1.54) is 43.6 Å². The highest BCUT2D eigenvalue weighted by molar-refractivity contribution is 7.10. The molecule has 0 aliphatic carbocycles. The van der Waals surface area contributed by atoms with E-state index in [1.807, 2.05) is 11.3 Å². The molecule has 1 aliphatic rings. The Kier molecular flexibility index (Phi) is 5.86. The summed E-state index contributed by atoms with van der Waals surface area (Å²) in [5, 5.41) is 2.18. The third-order valence-corrected chi connectivity index (χ3v) is 5.51. The van der Waals surface area contributed by atoms with Crippen molar-refractivity contribution in [3.63, 3.8) is 0 Å². The number of nitrogens with two attached hydrogens (primary N) is 1. The molecule has 0 radical (unpaired) electrons. The van der Waals surface area contributed by atoms with Crippen LogP contribution in [0.2, 0.25) is 0 Å². The summed E-state index contributed by atoms with van der Waals surface area (Å²) in [4.78, 5) is 4.10. The number of likely N-dealkylation sites (tertiary alicyclic amines) is 1. The van der Waals surface area contributed by atoms with Crippen LogP contribution >= 0.6 is 11.3 Å². The minimum Gasteiger partial charge on any atom is -0.326 e. The standard InChI is InChI=1S/C16H28N2S/c1-3-13-7-5-10-18(11-9-13)16(14(17)4-2)15-8-6-12-19-15/h6,8,12-14,16H,3-5,7,9-11,17H2,1-2H3. The predicted octanol–water partition coefficient (Wildman–Crippen LogP) is 4.04. The van der Waals surface area contributed by atoms with Crippen LogP contribution in [0.5, 0.6) is 0 Å². The fourth-order valence-electron chi connectivity index (χ4n) is 3.22. The van der Waals surface area contributed by atoms with Crippen molar-refractivity contribution < 1.29 is 0 Å². The first-order valence-electron chi connectivity index (χ1n) is 7.79. The zero-order valence-corrected chi connectivity index (χ0v) is 13.2. The summed E-state index contributed by atoms with van der Waals surface area (Å²) >= 11 is 1.86. The molecule has 0 aromatic carbocycles. The molecule has 3 atom stereocenters. The second-order valence-corrected chi connectivity index (χ2v) is 6.75. The van der Waals surface area contributed by atoms with Crippen molar-refractivity contribution in [1.29, 1.82) is 0 Å². The maximum Gasteiger partial charge on any atom is 0.0593 e. The zero-order chi connectivity index (χ0) is 13.7. The first kappa shape index (κ1) is 15.0. The van der Waals surface area contributed by atoms with Crippen LogP contribution in [0.25, 0.3) is 0 Å². The van der Waals surface area contributed by atoms with Crippen molar-refractivity contribution in [2.45, 2.75) is 58.0 Å². The molecule has 3 heteroatoms. The second-order valence-electron chi connectivity index (χ2n) is 5.77. The quantitative estimate of drug-likeness (QED) is 0.882. The molecular formula is C16H28N2S. The summed E-state index contributed by atoms with van der Waals surface area (Å²) in [6.45, 7) is 6.97. The second kappa shape index (κ2) is 7.41. The largest absolute Gasteiger partial charge is 0.326 e. The van der Waals surface area contributed by atoms with Crippen molar-refractivity contribution in [3.05, 3.63) is 22.4 Å². The summed E-state index contributed by atoms with van der Waals surface area (Å²) in [6, 6.07) is 5.10. The summed E-state index contributed by atoms with van der Waals surface area (Å²) < 4.78 is 0. The molecule has 1 aliphatic heterocycles. The smallest absolute Gasteiger partial charge is 0.0593 e. The molecule has 19 heavy (non-hydrogen) atoms. The van der Waals surface area contributed by atoms with Crippen LogP contribution in [0, 0.1) is 5.92 Å². The van der Waals surface area contributed by atoms with Crippen molar-refractivity contribution >= 4 is 11.3 Å². The minimum atomic E-state index is 0.261. The Morgan fingerprint density at radius 1 is 1.37 bits per heavy atom. The molecule has 3 unspecified atom stereocenters. The van der Waals surface area contributed by atoms with Gasteiger partial charge in [0, 0.05) is 10.9 Å². The van der Waals surface area contributed by atoms with Gasteiger partial charge in [-0.3, -0.25) is 4.90 Å². The van der Waals surface area contributed by atoms with Crippen LogP contribution in [0.4, 0.5) is 0 Å². The van der Waals surface area contributed by atoms with Gasteiger partial charge in [-0.05, 0) is 56.1 Å². The van der Waals surface area contributed by atoms with Gasteiger partial charge < -0.3 is 5.73 Å². The lowest BCUT2D eigenvalue weighted by molar-refractivity contribution is 0.176. The van der Waals surface area contributed by atoms with Crippen molar-refractivity contribution in [1.82, 2.24) is 4.90 Å². The fourth-order valence-corrected chi connectivity index (χ4v) is 4.15. The molecule has 0 amide bonds. The molecule has 0 saturated carbocycles. The zero-order valence-electron chi connectivity index (χ0n) is 12.3. The molecule has 0 spiro atoms. The first-order valence-corrected chi connectivity index (χ1v) is 8.67. The van der Waals surface area contributed by atoms with Gasteiger partial charge in [0.15, 0.2) is 0 Å². The SMILES string of the molecule is CCC1CCCN(C(c2cccs2)C(N)CC)CC1. The Balaban J connectivity index is 2.10. The van der Waals surface area contributed by atoms with E-state index in [-0.39, 0.29) is 6.04 Å². The normalized spacial score (nSPS) is 24.9. The topological polar surface area (TPSA) is 29.3 Å². The van der Waals surface area contributed by atoms with E-state index in [0.29, 0.717) is 6.04 Å². The minimum absolute atomic E-state index is 0.261. The number of hydrogen-bond donors (Lipinski definition) is 1. The molecule has 0 bridgehead atoms. The van der Waals surface area contributed by atoms with Gasteiger partial charge in [0.25, 0.3) is 0 Å². The Hall–Kier alpha value is -0.380. The Morgan fingerprint density at radius 2 is 2.21 bits per heavy atom. The van der Waals surface area contributed by atoms with E-state index in [9.17, 15) is 0 Å². The third-order valence-electron chi connectivity index (χ3n) is 4.56. The van der Waals surface area contributed by atoms with Crippen molar-refractivity contribution in [2.24, 2.45) is 11.7 Å². The van der Waals surface area contributed by atoms with Gasteiger partial charge in [-0.25, -0.2) is 0 Å². The van der Waals surface area contributed by atoms with Crippen LogP contribution < -0.4 is 5.73 Å². The lowest BCUT2D eigenvalue weighted by atomic mass is 9.98. The lowest BCUT2D eigenvalue weighted by Crippen LogP contribution is -2.41. The van der Waals surface area contributed by atoms with Crippen molar-refractivity contribution in [3.8, 4) is 0 Å². The molecule has 1 aromatic rings. The highest BCUT2D eigenvalue weighted by atomic mass is 32.1. The van der Waals surface area contributed by atoms with Crippen LogP contribution in [-0.2, 0) is 0 Å². The summed E-state index contributed by atoms with van der Waals surface area (Å²) in [5.41, 5.74) is 6.42. The molecule has 2 heterocycles. The maximum atomic E-state index is 6.42. The third kappa shape index (κ3) is 3.80. The van der Waals surface area contributed by atoms with Gasteiger partial charge in [-0.1, -0.05) is 26.3 Å². The monoisotopic (exact) mass is 280 g/mol. The van der Waals surface area contributed by atoms with Crippen LogP contribution in [0.15, 0.2) is 17.5 Å². The van der Waals surface area contributed by atoms with Crippen LogP contribution in [0.1, 0.15) is 56.9 Å². The molecule has 2 rings (SSSR count). The Bertz CT molecular complexity index is 350. The van der Waals surface area contributed by atoms with E-state index in [0.717, 1.165) is 12.3 Å². The first-order chi connectivity index (χ1) is 9.26. The Labute approximate surface area is 122 Å². The summed E-state index contributed by atoms with van der Waals surface area (Å²) in [5.74, 6) is 0.923. The van der Waals surface area contributed by atoms with E-state index in [1.54, 1.807) is 0 Å². The van der Waals surface area contributed by atoms with Gasteiger partial charge in [-0.2, -0.15) is 0 Å². The number of hydrogen-bond acceptors (Lipinski definition) is 3. The van der Waals surface area contributed by atoms with Gasteiger partial charge in [0.2, 0.25) is 0 Å². The van der Waals surface area contributed by atoms with Crippen LogP contribution in [-0.4, -0.2) is 24.0 Å². The van der Waals surface area contributed by atoms with Crippen LogP contribution in [0.3, 0.4) is 0 Å². The molecule has 2 nitrogen and oxygen atoms in total. The average Bonchev–Trinajstić information content (AvgIpc) is 2.84. The highest BCUT2D eigenvalue weighted by Crippen LogP contribution is 2.32. The highest BCUT2D eigenvalue weighted by Gasteiger charge is 2.28.